The highest BCUT2D eigenvalue weighted by Crippen LogP contribution is 2.36. The topological polar surface area (TPSA) is 72.2 Å². The highest BCUT2D eigenvalue weighted by atomic mass is 32.2. The summed E-state index contributed by atoms with van der Waals surface area (Å²) in [6, 6.07) is 5.29. The van der Waals surface area contributed by atoms with Crippen LogP contribution in [0.2, 0.25) is 0 Å². The molecule has 0 spiro atoms. The molecule has 1 saturated carbocycles. The zero-order valence-corrected chi connectivity index (χ0v) is 14.0. The van der Waals surface area contributed by atoms with Crippen molar-refractivity contribution in [3.8, 4) is 0 Å². The van der Waals surface area contributed by atoms with E-state index in [1.54, 1.807) is 12.1 Å². The van der Waals surface area contributed by atoms with Gasteiger partial charge in [-0.3, -0.25) is 0 Å². The van der Waals surface area contributed by atoms with E-state index in [2.05, 4.69) is 18.6 Å². The number of hydrogen-bond acceptors (Lipinski definition) is 3. The van der Waals surface area contributed by atoms with Gasteiger partial charge in [-0.25, -0.2) is 13.1 Å². The van der Waals surface area contributed by atoms with Crippen molar-refractivity contribution in [3.63, 3.8) is 0 Å². The smallest absolute Gasteiger partial charge is 0.241 e. The summed E-state index contributed by atoms with van der Waals surface area (Å²) in [5.74, 6) is 0. The van der Waals surface area contributed by atoms with Crippen LogP contribution in [0.5, 0.6) is 0 Å². The van der Waals surface area contributed by atoms with Crippen molar-refractivity contribution in [1.29, 1.82) is 0 Å². The van der Waals surface area contributed by atoms with Gasteiger partial charge in [0.15, 0.2) is 0 Å². The Morgan fingerprint density at radius 1 is 1.33 bits per heavy atom. The fourth-order valence-electron chi connectivity index (χ4n) is 3.14. The van der Waals surface area contributed by atoms with Crippen LogP contribution in [0.15, 0.2) is 23.1 Å². The lowest BCUT2D eigenvalue weighted by atomic mass is 9.74. The molecule has 0 saturated heterocycles. The van der Waals surface area contributed by atoms with Crippen molar-refractivity contribution in [2.24, 2.45) is 11.1 Å². The molecule has 1 aliphatic carbocycles. The minimum absolute atomic E-state index is 0.00261. The lowest BCUT2D eigenvalue weighted by Gasteiger charge is -2.38. The molecular formula is C16H26N2O2S. The van der Waals surface area contributed by atoms with Crippen LogP contribution < -0.4 is 10.5 Å². The van der Waals surface area contributed by atoms with Crippen molar-refractivity contribution < 1.29 is 8.42 Å². The van der Waals surface area contributed by atoms with E-state index in [1.165, 1.54) is 6.42 Å². The summed E-state index contributed by atoms with van der Waals surface area (Å²) in [5.41, 5.74) is 7.31. The van der Waals surface area contributed by atoms with Gasteiger partial charge in [0, 0.05) is 12.6 Å². The van der Waals surface area contributed by atoms with Gasteiger partial charge in [-0.15, -0.1) is 0 Å². The van der Waals surface area contributed by atoms with Gasteiger partial charge in [-0.2, -0.15) is 0 Å². The molecule has 0 aliphatic heterocycles. The number of nitrogens with two attached hydrogens (primary N) is 1. The summed E-state index contributed by atoms with van der Waals surface area (Å²) in [6.45, 7) is 6.46. The molecule has 1 fully saturated rings. The Labute approximate surface area is 128 Å². The maximum atomic E-state index is 12.7. The van der Waals surface area contributed by atoms with Crippen LogP contribution in [0.25, 0.3) is 0 Å². The predicted molar refractivity (Wildman–Crippen MR) is 85.4 cm³/mol. The molecule has 0 heterocycles. The highest BCUT2D eigenvalue weighted by molar-refractivity contribution is 7.89. The lowest BCUT2D eigenvalue weighted by molar-refractivity contribution is 0.188. The molecule has 4 nitrogen and oxygen atoms in total. The Bertz CT molecular complexity index is 609. The van der Waals surface area contributed by atoms with E-state index in [-0.39, 0.29) is 11.5 Å². The Kier molecular flexibility index (Phi) is 4.76. The molecule has 118 valence electrons. The summed E-state index contributed by atoms with van der Waals surface area (Å²) in [6.07, 6.45) is 4.22. The van der Waals surface area contributed by atoms with Crippen molar-refractivity contribution in [3.05, 3.63) is 29.3 Å². The molecule has 1 atom stereocenters. The molecule has 21 heavy (non-hydrogen) atoms. The Balaban J connectivity index is 2.31. The zero-order valence-electron chi connectivity index (χ0n) is 13.1. The van der Waals surface area contributed by atoms with Crippen LogP contribution in [-0.2, 0) is 16.6 Å². The second-order valence-corrected chi connectivity index (χ2v) is 8.34. The van der Waals surface area contributed by atoms with Gasteiger partial charge in [-0.1, -0.05) is 38.8 Å². The summed E-state index contributed by atoms with van der Waals surface area (Å²) in [7, 11) is -3.50. The van der Waals surface area contributed by atoms with Crippen molar-refractivity contribution in [2.75, 3.05) is 0 Å². The molecule has 1 aromatic rings. The molecule has 2 rings (SSSR count). The second-order valence-electron chi connectivity index (χ2n) is 6.65. The summed E-state index contributed by atoms with van der Waals surface area (Å²) in [4.78, 5) is 0.354. The van der Waals surface area contributed by atoms with Crippen molar-refractivity contribution in [1.82, 2.24) is 4.72 Å². The predicted octanol–water partition coefficient (Wildman–Crippen LogP) is 2.70. The first-order valence-electron chi connectivity index (χ1n) is 7.59. The molecule has 1 aromatic carbocycles. The summed E-state index contributed by atoms with van der Waals surface area (Å²) in [5, 5.41) is 0. The molecule has 1 unspecified atom stereocenters. The summed E-state index contributed by atoms with van der Waals surface area (Å²) < 4.78 is 28.4. The quantitative estimate of drug-likeness (QED) is 0.898. The average molecular weight is 310 g/mol. The fourth-order valence-corrected chi connectivity index (χ4v) is 4.87. The molecule has 3 N–H and O–H groups in total. The first-order valence-corrected chi connectivity index (χ1v) is 9.07. The van der Waals surface area contributed by atoms with Gasteiger partial charge in [0.25, 0.3) is 0 Å². The van der Waals surface area contributed by atoms with Crippen LogP contribution >= 0.6 is 0 Å². The number of nitrogens with one attached hydrogen (secondary N) is 1. The van der Waals surface area contributed by atoms with E-state index < -0.39 is 10.0 Å². The van der Waals surface area contributed by atoms with Gasteiger partial charge in [0.2, 0.25) is 10.0 Å². The van der Waals surface area contributed by atoms with Crippen molar-refractivity contribution >= 4 is 10.0 Å². The second kappa shape index (κ2) is 6.07. The molecular weight excluding hydrogens is 284 g/mol. The van der Waals surface area contributed by atoms with E-state index in [4.69, 9.17) is 5.73 Å². The summed E-state index contributed by atoms with van der Waals surface area (Å²) >= 11 is 0. The van der Waals surface area contributed by atoms with E-state index in [9.17, 15) is 8.42 Å². The van der Waals surface area contributed by atoms with E-state index in [1.807, 2.05) is 13.0 Å². The SMILES string of the molecule is Cc1c(CN)cccc1S(=O)(=O)NC1CCCCC1(C)C. The Morgan fingerprint density at radius 3 is 2.67 bits per heavy atom. The zero-order chi connectivity index (χ0) is 15.7. The lowest BCUT2D eigenvalue weighted by Crippen LogP contribution is -2.46. The monoisotopic (exact) mass is 310 g/mol. The Morgan fingerprint density at radius 2 is 2.05 bits per heavy atom. The van der Waals surface area contributed by atoms with Gasteiger partial charge in [0.05, 0.1) is 4.90 Å². The molecule has 0 bridgehead atoms. The van der Waals surface area contributed by atoms with Crippen LogP contribution in [0.1, 0.15) is 50.7 Å². The number of sulfonamides is 1. The van der Waals surface area contributed by atoms with Gasteiger partial charge in [-0.05, 0) is 42.4 Å². The molecule has 5 heteroatoms. The molecule has 0 radical (unpaired) electrons. The minimum atomic E-state index is -3.50. The highest BCUT2D eigenvalue weighted by Gasteiger charge is 2.35. The molecule has 0 aromatic heterocycles. The fraction of sp³-hybridized carbons (Fsp3) is 0.625. The van der Waals surface area contributed by atoms with Gasteiger partial charge in [0.1, 0.15) is 0 Å². The maximum absolute atomic E-state index is 12.7. The van der Waals surface area contributed by atoms with Crippen molar-refractivity contribution in [2.45, 2.75) is 63.9 Å². The standard InChI is InChI=1S/C16H26N2O2S/c1-12-13(11-17)7-6-8-14(12)21(19,20)18-15-9-4-5-10-16(15,2)3/h6-8,15,18H,4-5,9-11,17H2,1-3H3. The Hall–Kier alpha value is -0.910. The van der Waals surface area contributed by atoms with Crippen LogP contribution in [0.3, 0.4) is 0 Å². The van der Waals surface area contributed by atoms with Crippen LogP contribution in [0.4, 0.5) is 0 Å². The van der Waals surface area contributed by atoms with E-state index in [0.29, 0.717) is 11.4 Å². The van der Waals surface area contributed by atoms with E-state index in [0.717, 1.165) is 30.4 Å². The van der Waals surface area contributed by atoms with Gasteiger partial charge < -0.3 is 5.73 Å². The normalized spacial score (nSPS) is 22.2. The van der Waals surface area contributed by atoms with Crippen LogP contribution in [-0.4, -0.2) is 14.5 Å². The average Bonchev–Trinajstić information content (AvgIpc) is 2.41. The largest absolute Gasteiger partial charge is 0.326 e. The third-order valence-corrected chi connectivity index (χ3v) is 6.33. The van der Waals surface area contributed by atoms with E-state index >= 15 is 0 Å². The molecule has 0 amide bonds. The number of hydrogen-bond donors (Lipinski definition) is 2. The first kappa shape index (κ1) is 16.5. The van der Waals surface area contributed by atoms with Gasteiger partial charge >= 0.3 is 0 Å². The van der Waals surface area contributed by atoms with Crippen LogP contribution in [0, 0.1) is 12.3 Å². The third kappa shape index (κ3) is 3.47. The third-order valence-electron chi connectivity index (χ3n) is 4.71. The maximum Gasteiger partial charge on any atom is 0.241 e. The molecule has 1 aliphatic rings. The number of benzene rings is 1. The first-order chi connectivity index (χ1) is 9.78. The minimum Gasteiger partial charge on any atom is -0.326 e. The number of rotatable bonds is 4.